The van der Waals surface area contributed by atoms with Crippen LogP contribution in [0, 0.1) is 6.92 Å². The van der Waals surface area contributed by atoms with Crippen LogP contribution in [0.3, 0.4) is 0 Å². The fourth-order valence-corrected chi connectivity index (χ4v) is 3.53. The summed E-state index contributed by atoms with van der Waals surface area (Å²) in [6, 6.07) is -0.0564. The van der Waals surface area contributed by atoms with Gasteiger partial charge in [-0.25, -0.2) is 13.4 Å². The molecule has 1 aliphatic heterocycles. The van der Waals surface area contributed by atoms with E-state index in [4.69, 9.17) is 5.73 Å². The summed E-state index contributed by atoms with van der Waals surface area (Å²) >= 11 is 0. The molecule has 2 N–H and O–H groups in total. The van der Waals surface area contributed by atoms with Gasteiger partial charge in [0, 0.05) is 31.9 Å². The summed E-state index contributed by atoms with van der Waals surface area (Å²) in [4.78, 5) is 4.12. The quantitative estimate of drug-likeness (QED) is 0.872. The molecule has 8 heteroatoms. The first-order valence-electron chi connectivity index (χ1n) is 5.74. The second kappa shape index (κ2) is 5.56. The maximum Gasteiger partial charge on any atom is 0.262 e. The Morgan fingerprint density at radius 3 is 2.67 bits per heavy atom. The van der Waals surface area contributed by atoms with Gasteiger partial charge in [-0.15, -0.1) is 12.4 Å². The highest BCUT2D eigenvalue weighted by atomic mass is 35.5. The lowest BCUT2D eigenvalue weighted by Gasteiger charge is -2.13. The van der Waals surface area contributed by atoms with Crippen molar-refractivity contribution >= 4 is 22.4 Å². The third-order valence-electron chi connectivity index (χ3n) is 3.09. The van der Waals surface area contributed by atoms with E-state index in [0.29, 0.717) is 26.1 Å². The van der Waals surface area contributed by atoms with Crippen molar-refractivity contribution in [3.8, 4) is 0 Å². The Morgan fingerprint density at radius 2 is 2.22 bits per heavy atom. The summed E-state index contributed by atoms with van der Waals surface area (Å²) in [5.41, 5.74) is 5.73. The smallest absolute Gasteiger partial charge is 0.262 e. The minimum atomic E-state index is -3.46. The first kappa shape index (κ1) is 15.4. The summed E-state index contributed by atoms with van der Waals surface area (Å²) in [5.74, 6) is 0.717. The first-order valence-corrected chi connectivity index (χ1v) is 7.18. The molecule has 0 unspecified atom stereocenters. The molecular weight excluding hydrogens is 276 g/mol. The van der Waals surface area contributed by atoms with Crippen molar-refractivity contribution in [2.75, 3.05) is 13.1 Å². The van der Waals surface area contributed by atoms with Gasteiger partial charge < -0.3 is 10.3 Å². The molecule has 0 aliphatic carbocycles. The van der Waals surface area contributed by atoms with Gasteiger partial charge in [0.25, 0.3) is 10.0 Å². The fraction of sp³-hybridized carbons (Fsp3) is 0.700. The van der Waals surface area contributed by atoms with Gasteiger partial charge >= 0.3 is 0 Å². The average molecular weight is 295 g/mol. The number of nitrogens with zero attached hydrogens (tertiary/aromatic N) is 3. The Balaban J connectivity index is 0.00000162. The maximum atomic E-state index is 12.3. The normalized spacial score (nSPS) is 20.9. The van der Waals surface area contributed by atoms with Gasteiger partial charge in [-0.3, -0.25) is 0 Å². The standard InChI is InChI=1S/C10H18N4O2S.ClH/c1-3-13-7-10(12-8(13)2)17(15,16)14-5-4-9(11)6-14;/h7,9H,3-6,11H2,1-2H3;1H/t9-;/m0./s1. The molecule has 2 heterocycles. The van der Waals surface area contributed by atoms with Crippen LogP contribution in [0.25, 0.3) is 0 Å². The van der Waals surface area contributed by atoms with E-state index < -0.39 is 10.0 Å². The van der Waals surface area contributed by atoms with E-state index in [1.54, 1.807) is 13.1 Å². The zero-order valence-corrected chi connectivity index (χ0v) is 12.2. The van der Waals surface area contributed by atoms with Crippen LogP contribution in [-0.2, 0) is 16.6 Å². The summed E-state index contributed by atoms with van der Waals surface area (Å²) < 4.78 is 27.8. The van der Waals surface area contributed by atoms with Crippen molar-refractivity contribution in [2.45, 2.75) is 37.9 Å². The van der Waals surface area contributed by atoms with E-state index in [1.807, 2.05) is 11.5 Å². The van der Waals surface area contributed by atoms with Crippen molar-refractivity contribution in [2.24, 2.45) is 5.73 Å². The van der Waals surface area contributed by atoms with Crippen LogP contribution in [0.4, 0.5) is 0 Å². The van der Waals surface area contributed by atoms with Crippen LogP contribution in [0.5, 0.6) is 0 Å². The molecule has 1 saturated heterocycles. The molecule has 0 spiro atoms. The molecule has 0 radical (unpaired) electrons. The molecule has 0 bridgehead atoms. The van der Waals surface area contributed by atoms with Gasteiger partial charge in [-0.05, 0) is 20.3 Å². The molecule has 2 rings (SSSR count). The molecule has 0 amide bonds. The topological polar surface area (TPSA) is 81.2 Å². The number of aryl methyl sites for hydroxylation is 2. The molecule has 0 aromatic carbocycles. The lowest BCUT2D eigenvalue weighted by atomic mass is 10.3. The largest absolute Gasteiger partial charge is 0.334 e. The lowest BCUT2D eigenvalue weighted by molar-refractivity contribution is 0.469. The van der Waals surface area contributed by atoms with Crippen LogP contribution in [0.2, 0.25) is 0 Å². The Labute approximate surface area is 114 Å². The van der Waals surface area contributed by atoms with Crippen LogP contribution >= 0.6 is 12.4 Å². The second-order valence-electron chi connectivity index (χ2n) is 4.32. The van der Waals surface area contributed by atoms with E-state index in [9.17, 15) is 8.42 Å². The summed E-state index contributed by atoms with van der Waals surface area (Å²) in [6.07, 6.45) is 2.31. The lowest BCUT2D eigenvalue weighted by Crippen LogP contribution is -2.32. The highest BCUT2D eigenvalue weighted by Crippen LogP contribution is 2.19. The van der Waals surface area contributed by atoms with Gasteiger partial charge in [0.2, 0.25) is 0 Å². The Morgan fingerprint density at radius 1 is 1.56 bits per heavy atom. The summed E-state index contributed by atoms with van der Waals surface area (Å²) in [5, 5.41) is 0.131. The van der Waals surface area contributed by atoms with E-state index in [-0.39, 0.29) is 23.5 Å². The number of nitrogens with two attached hydrogens (primary N) is 1. The number of sulfonamides is 1. The van der Waals surface area contributed by atoms with Crippen LogP contribution < -0.4 is 5.73 Å². The molecule has 1 aromatic rings. The van der Waals surface area contributed by atoms with Gasteiger partial charge in [0.1, 0.15) is 5.82 Å². The zero-order chi connectivity index (χ0) is 12.6. The SMILES string of the molecule is CCn1cc(S(=O)(=O)N2CC[C@H](N)C2)nc1C.Cl. The molecule has 0 saturated carbocycles. The number of hydrogen-bond acceptors (Lipinski definition) is 4. The first-order chi connectivity index (χ1) is 7.95. The van der Waals surface area contributed by atoms with Crippen LogP contribution in [-0.4, -0.2) is 41.4 Å². The Hall–Kier alpha value is -0.630. The van der Waals surface area contributed by atoms with E-state index >= 15 is 0 Å². The number of rotatable bonds is 3. The molecule has 1 atom stereocenters. The number of hydrogen-bond donors (Lipinski definition) is 1. The molecule has 6 nitrogen and oxygen atoms in total. The summed E-state index contributed by atoms with van der Waals surface area (Å²) in [7, 11) is -3.46. The monoisotopic (exact) mass is 294 g/mol. The van der Waals surface area contributed by atoms with Gasteiger partial charge in [0.05, 0.1) is 0 Å². The molecular formula is C10H19ClN4O2S. The molecule has 1 aliphatic rings. The minimum Gasteiger partial charge on any atom is -0.334 e. The number of imidazole rings is 1. The predicted octanol–water partition coefficient (Wildman–Crippen LogP) is 0.355. The number of halogens is 1. The van der Waals surface area contributed by atoms with Crippen molar-refractivity contribution in [3.63, 3.8) is 0 Å². The highest BCUT2D eigenvalue weighted by Gasteiger charge is 2.32. The Kier molecular flexibility index (Phi) is 4.77. The van der Waals surface area contributed by atoms with Crippen LogP contribution in [0.1, 0.15) is 19.2 Å². The van der Waals surface area contributed by atoms with E-state index in [2.05, 4.69) is 4.98 Å². The van der Waals surface area contributed by atoms with Gasteiger partial charge in [0.15, 0.2) is 5.03 Å². The van der Waals surface area contributed by atoms with Gasteiger partial charge in [-0.1, -0.05) is 0 Å². The van der Waals surface area contributed by atoms with Crippen molar-refractivity contribution in [1.29, 1.82) is 0 Å². The summed E-state index contributed by atoms with van der Waals surface area (Å²) in [6.45, 7) is 5.35. The van der Waals surface area contributed by atoms with E-state index in [0.717, 1.165) is 5.82 Å². The Bertz CT molecular complexity index is 514. The highest BCUT2D eigenvalue weighted by molar-refractivity contribution is 7.89. The molecule has 104 valence electrons. The van der Waals surface area contributed by atoms with Crippen molar-refractivity contribution < 1.29 is 8.42 Å². The number of aromatic nitrogens is 2. The fourth-order valence-electron chi connectivity index (χ4n) is 2.03. The van der Waals surface area contributed by atoms with E-state index in [1.165, 1.54) is 4.31 Å². The molecule has 1 aromatic heterocycles. The zero-order valence-electron chi connectivity index (χ0n) is 10.5. The van der Waals surface area contributed by atoms with Crippen LogP contribution in [0.15, 0.2) is 11.2 Å². The average Bonchev–Trinajstić information content (AvgIpc) is 2.85. The predicted molar refractivity (Wildman–Crippen MR) is 71.2 cm³/mol. The molecule has 1 fully saturated rings. The maximum absolute atomic E-state index is 12.3. The minimum absolute atomic E-state index is 0. The van der Waals surface area contributed by atoms with Crippen molar-refractivity contribution in [1.82, 2.24) is 13.9 Å². The van der Waals surface area contributed by atoms with Crippen molar-refractivity contribution in [3.05, 3.63) is 12.0 Å². The third-order valence-corrected chi connectivity index (χ3v) is 4.82. The molecule has 18 heavy (non-hydrogen) atoms. The second-order valence-corrected chi connectivity index (χ2v) is 6.21. The van der Waals surface area contributed by atoms with Gasteiger partial charge in [-0.2, -0.15) is 4.31 Å². The third kappa shape index (κ3) is 2.69.